The van der Waals surface area contributed by atoms with E-state index in [0.29, 0.717) is 22.7 Å². The van der Waals surface area contributed by atoms with Crippen molar-refractivity contribution in [1.29, 1.82) is 0 Å². The summed E-state index contributed by atoms with van der Waals surface area (Å²) in [7, 11) is -2.10. The monoisotopic (exact) mass is 336 g/mol. The minimum absolute atomic E-state index is 0.260. The molecule has 6 nitrogen and oxygen atoms in total. The van der Waals surface area contributed by atoms with E-state index in [1.165, 1.54) is 11.8 Å². The van der Waals surface area contributed by atoms with Crippen LogP contribution in [0.15, 0.2) is 34.9 Å². The quantitative estimate of drug-likeness (QED) is 0.836. The van der Waals surface area contributed by atoms with Gasteiger partial charge in [0.25, 0.3) is 0 Å². The third-order valence-electron chi connectivity index (χ3n) is 3.89. The molecule has 1 unspecified atom stereocenters. The summed E-state index contributed by atoms with van der Waals surface area (Å²) in [6.07, 6.45) is 0. The van der Waals surface area contributed by atoms with Crippen LogP contribution in [0.3, 0.4) is 0 Å². The van der Waals surface area contributed by atoms with Crippen LogP contribution in [0.4, 0.5) is 5.69 Å². The first-order valence-corrected chi connectivity index (χ1v) is 8.91. The first-order chi connectivity index (χ1) is 10.7. The Kier molecular flexibility index (Phi) is 4.89. The second kappa shape index (κ2) is 6.54. The van der Waals surface area contributed by atoms with E-state index in [4.69, 9.17) is 4.52 Å². The van der Waals surface area contributed by atoms with E-state index >= 15 is 0 Å². The molecule has 0 aliphatic carbocycles. The van der Waals surface area contributed by atoms with Crippen molar-refractivity contribution in [3.8, 4) is 0 Å². The maximum atomic E-state index is 12.6. The molecule has 1 aromatic carbocycles. The van der Waals surface area contributed by atoms with Gasteiger partial charge in [-0.05, 0) is 32.9 Å². The summed E-state index contributed by atoms with van der Waals surface area (Å²) in [5, 5.41) is 2.60. The lowest BCUT2D eigenvalue weighted by Crippen LogP contribution is -2.40. The largest absolute Gasteiger partial charge is 0.361 e. The molecule has 23 heavy (non-hydrogen) atoms. The summed E-state index contributed by atoms with van der Waals surface area (Å²) < 4.78 is 30.1. The molecular formula is C16H20N2O4S. The molecule has 0 saturated heterocycles. The number of hydrogen-bond acceptors (Lipinski definition) is 5. The third kappa shape index (κ3) is 3.61. The molecule has 0 spiro atoms. The van der Waals surface area contributed by atoms with Gasteiger partial charge in [-0.1, -0.05) is 23.4 Å². The van der Waals surface area contributed by atoms with Gasteiger partial charge in [0.1, 0.15) is 11.0 Å². The highest BCUT2D eigenvalue weighted by Gasteiger charge is 2.32. The Balaban J connectivity index is 2.21. The number of anilines is 1. The molecule has 0 aliphatic rings. The van der Waals surface area contributed by atoms with Crippen LogP contribution >= 0.6 is 0 Å². The molecule has 0 N–H and O–H groups in total. The Bertz CT molecular complexity index is 777. The molecule has 0 fully saturated rings. The molecule has 1 aromatic heterocycles. The molecule has 2 aromatic rings. The lowest BCUT2D eigenvalue weighted by Gasteiger charge is -2.21. The maximum Gasteiger partial charge on any atom is 0.244 e. The van der Waals surface area contributed by atoms with Crippen molar-refractivity contribution in [3.63, 3.8) is 0 Å². The van der Waals surface area contributed by atoms with Crippen molar-refractivity contribution < 1.29 is 17.7 Å². The lowest BCUT2D eigenvalue weighted by molar-refractivity contribution is -0.117. The number of rotatable bonds is 5. The molecule has 0 bridgehead atoms. The van der Waals surface area contributed by atoms with Crippen LogP contribution in [0.2, 0.25) is 0 Å². The SMILES string of the molecule is Cc1noc(C)c1CS(=O)(=O)C(C)C(=O)N(C)c1ccccc1. The highest BCUT2D eigenvalue weighted by Crippen LogP contribution is 2.21. The summed E-state index contributed by atoms with van der Waals surface area (Å²) in [5.41, 5.74) is 1.70. The van der Waals surface area contributed by atoms with E-state index in [2.05, 4.69) is 5.16 Å². The van der Waals surface area contributed by atoms with Gasteiger partial charge in [0.05, 0.1) is 11.4 Å². The Morgan fingerprint density at radius 2 is 1.87 bits per heavy atom. The van der Waals surface area contributed by atoms with Crippen LogP contribution in [0.1, 0.15) is 23.9 Å². The number of carbonyl (C=O) groups is 1. The topological polar surface area (TPSA) is 80.5 Å². The number of para-hydroxylation sites is 1. The molecule has 7 heteroatoms. The van der Waals surface area contributed by atoms with Crippen molar-refractivity contribution in [2.45, 2.75) is 31.8 Å². The predicted molar refractivity (Wildman–Crippen MR) is 87.9 cm³/mol. The molecule has 1 atom stereocenters. The van der Waals surface area contributed by atoms with E-state index in [0.717, 1.165) is 0 Å². The smallest absolute Gasteiger partial charge is 0.244 e. The Morgan fingerprint density at radius 1 is 1.26 bits per heavy atom. The number of amides is 1. The third-order valence-corrected chi connectivity index (χ3v) is 5.86. The first-order valence-electron chi connectivity index (χ1n) is 7.20. The lowest BCUT2D eigenvalue weighted by atomic mass is 10.2. The van der Waals surface area contributed by atoms with Gasteiger partial charge >= 0.3 is 0 Å². The van der Waals surface area contributed by atoms with Gasteiger partial charge in [0.15, 0.2) is 9.84 Å². The fraction of sp³-hybridized carbons (Fsp3) is 0.375. The summed E-state index contributed by atoms with van der Waals surface area (Å²) in [5.74, 6) is -0.269. The Morgan fingerprint density at radius 3 is 2.39 bits per heavy atom. The number of aryl methyl sites for hydroxylation is 2. The number of benzene rings is 1. The second-order valence-corrected chi connectivity index (χ2v) is 7.81. The van der Waals surface area contributed by atoms with Crippen molar-refractivity contribution in [2.75, 3.05) is 11.9 Å². The first kappa shape index (κ1) is 17.2. The Hall–Kier alpha value is -2.15. The van der Waals surface area contributed by atoms with Crippen LogP contribution in [0.25, 0.3) is 0 Å². The number of nitrogens with zero attached hydrogens (tertiary/aromatic N) is 2. The maximum absolute atomic E-state index is 12.6. The summed E-state index contributed by atoms with van der Waals surface area (Å²) in [6.45, 7) is 4.76. The van der Waals surface area contributed by atoms with Crippen molar-refractivity contribution in [1.82, 2.24) is 5.16 Å². The minimum Gasteiger partial charge on any atom is -0.361 e. The van der Waals surface area contributed by atoms with Gasteiger partial charge in [-0.25, -0.2) is 8.42 Å². The number of hydrogen-bond donors (Lipinski definition) is 0. The summed E-state index contributed by atoms with van der Waals surface area (Å²) in [6, 6.07) is 8.93. The van der Waals surface area contributed by atoms with E-state index in [-0.39, 0.29) is 5.75 Å². The van der Waals surface area contributed by atoms with Crippen molar-refractivity contribution in [2.24, 2.45) is 0 Å². The highest BCUT2D eigenvalue weighted by atomic mass is 32.2. The van der Waals surface area contributed by atoms with E-state index in [1.54, 1.807) is 45.2 Å². The van der Waals surface area contributed by atoms with Crippen molar-refractivity contribution >= 4 is 21.4 Å². The molecule has 0 aliphatic heterocycles. The zero-order chi connectivity index (χ0) is 17.2. The second-order valence-electron chi connectivity index (χ2n) is 5.48. The predicted octanol–water partition coefficient (Wildman–Crippen LogP) is 2.26. The molecular weight excluding hydrogens is 316 g/mol. The Labute approximate surface area is 136 Å². The molecule has 0 saturated carbocycles. The van der Waals surface area contributed by atoms with Crippen molar-refractivity contribution in [3.05, 3.63) is 47.3 Å². The zero-order valence-corrected chi connectivity index (χ0v) is 14.4. The molecule has 1 amide bonds. The fourth-order valence-electron chi connectivity index (χ4n) is 2.24. The number of sulfone groups is 1. The average molecular weight is 336 g/mol. The van der Waals surface area contributed by atoms with Gasteiger partial charge in [-0.2, -0.15) is 0 Å². The van der Waals surface area contributed by atoms with Crippen LogP contribution < -0.4 is 4.90 Å². The zero-order valence-electron chi connectivity index (χ0n) is 13.6. The van der Waals surface area contributed by atoms with E-state index in [1.807, 2.05) is 6.07 Å². The van der Waals surface area contributed by atoms with Crippen LogP contribution in [0, 0.1) is 13.8 Å². The molecule has 0 radical (unpaired) electrons. The molecule has 1 heterocycles. The normalized spacial score (nSPS) is 12.9. The van der Waals surface area contributed by atoms with Gasteiger partial charge < -0.3 is 9.42 Å². The van der Waals surface area contributed by atoms with Crippen LogP contribution in [-0.4, -0.2) is 31.8 Å². The van der Waals surface area contributed by atoms with Crippen LogP contribution in [-0.2, 0) is 20.4 Å². The van der Waals surface area contributed by atoms with Gasteiger partial charge in [-0.3, -0.25) is 4.79 Å². The number of carbonyl (C=O) groups excluding carboxylic acids is 1. The standard InChI is InChI=1S/C16H20N2O4S/c1-11-15(12(2)22-17-11)10-23(20,21)13(3)16(19)18(4)14-8-6-5-7-9-14/h5-9,13H,10H2,1-4H3. The fourth-order valence-corrected chi connectivity index (χ4v) is 3.77. The molecule has 2 rings (SSSR count). The average Bonchev–Trinajstić information content (AvgIpc) is 2.85. The highest BCUT2D eigenvalue weighted by molar-refractivity contribution is 7.92. The minimum atomic E-state index is -3.67. The van der Waals surface area contributed by atoms with E-state index < -0.39 is 21.0 Å². The van der Waals surface area contributed by atoms with Crippen LogP contribution in [0.5, 0.6) is 0 Å². The number of aromatic nitrogens is 1. The molecule has 124 valence electrons. The van der Waals surface area contributed by atoms with Gasteiger partial charge in [-0.15, -0.1) is 0 Å². The summed E-state index contributed by atoms with van der Waals surface area (Å²) >= 11 is 0. The van der Waals surface area contributed by atoms with Gasteiger partial charge in [0.2, 0.25) is 5.91 Å². The summed E-state index contributed by atoms with van der Waals surface area (Å²) in [4.78, 5) is 13.9. The van der Waals surface area contributed by atoms with E-state index in [9.17, 15) is 13.2 Å². The van der Waals surface area contributed by atoms with Gasteiger partial charge in [0, 0.05) is 18.3 Å².